The number of phosphoric acid groups is 4. The molecular weight excluding hydrogens is 1040 g/mol. The first-order valence-electron chi connectivity index (χ1n) is 25.7. The number of carbonyl (C=O) groups excluding carboxylic acids is 2. The molecule has 0 saturated heterocycles. The first kappa shape index (κ1) is 69.3. The SMILES string of the molecule is CCCCC/C=C\C/C=C\C/C=C\C/C=C\CCCC(=O)O[C@@H](COC(=O)CCCCCCCCCCCCCCCCC)COP(=O)(O)OC1[C@@H](O)[C@H](OP(=O)(O)O)C(OP(=O)(O)O)[C@H](OP(=O)(O)O)[C@@H]1O. The number of ether oxygens (including phenoxy) is 2. The van der Waals surface area contributed by atoms with Crippen LogP contribution in [0.15, 0.2) is 48.6 Å². The van der Waals surface area contributed by atoms with Gasteiger partial charge in [-0.3, -0.25) is 32.2 Å². The average Bonchev–Trinajstić information content (AvgIpc) is 3.30. The average molecular weight is 1130 g/mol. The minimum absolute atomic E-state index is 0.0241. The molecule has 1 aliphatic carbocycles. The van der Waals surface area contributed by atoms with Crippen molar-refractivity contribution in [1.29, 1.82) is 0 Å². The molecule has 9 N–H and O–H groups in total. The number of phosphoric ester groups is 4. The van der Waals surface area contributed by atoms with Crippen molar-refractivity contribution in [2.75, 3.05) is 13.2 Å². The Morgan fingerprint density at radius 3 is 1.25 bits per heavy atom. The van der Waals surface area contributed by atoms with Crippen LogP contribution in [0.4, 0.5) is 0 Å². The fourth-order valence-corrected chi connectivity index (χ4v) is 10.3. The van der Waals surface area contributed by atoms with E-state index in [0.717, 1.165) is 51.4 Å². The van der Waals surface area contributed by atoms with Gasteiger partial charge in [-0.05, 0) is 51.4 Å². The molecule has 0 amide bonds. The van der Waals surface area contributed by atoms with E-state index in [0.29, 0.717) is 25.7 Å². The van der Waals surface area contributed by atoms with E-state index in [2.05, 4.69) is 51.7 Å². The summed E-state index contributed by atoms with van der Waals surface area (Å²) in [5.41, 5.74) is 0. The third-order valence-electron chi connectivity index (χ3n) is 11.4. The number of esters is 2. The minimum atomic E-state index is -5.80. The van der Waals surface area contributed by atoms with Crippen LogP contribution in [0.25, 0.3) is 0 Å². The molecule has 426 valence electrons. The van der Waals surface area contributed by atoms with Gasteiger partial charge in [-0.25, -0.2) is 18.3 Å². The third-order valence-corrected chi connectivity index (χ3v) is 13.9. The van der Waals surface area contributed by atoms with Gasteiger partial charge in [-0.1, -0.05) is 165 Å². The van der Waals surface area contributed by atoms with Crippen molar-refractivity contribution >= 4 is 43.2 Å². The second-order valence-corrected chi connectivity index (χ2v) is 23.0. The van der Waals surface area contributed by atoms with Gasteiger partial charge in [0.2, 0.25) is 0 Å². The minimum Gasteiger partial charge on any atom is -0.462 e. The molecule has 0 spiro atoms. The highest BCUT2D eigenvalue weighted by Crippen LogP contribution is 2.53. The van der Waals surface area contributed by atoms with Crippen LogP contribution in [0.5, 0.6) is 0 Å². The van der Waals surface area contributed by atoms with E-state index >= 15 is 0 Å². The molecule has 8 atom stereocenters. The predicted molar refractivity (Wildman–Crippen MR) is 272 cm³/mol. The van der Waals surface area contributed by atoms with Crippen molar-refractivity contribution in [3.05, 3.63) is 48.6 Å². The van der Waals surface area contributed by atoms with Crippen molar-refractivity contribution in [3.63, 3.8) is 0 Å². The molecule has 1 aliphatic rings. The van der Waals surface area contributed by atoms with E-state index < -0.39 is 99.2 Å². The summed E-state index contributed by atoms with van der Waals surface area (Å²) >= 11 is 0. The quantitative estimate of drug-likeness (QED) is 0.0119. The normalized spacial score (nSPS) is 21.4. The maximum atomic E-state index is 13.3. The van der Waals surface area contributed by atoms with Gasteiger partial charge in [0, 0.05) is 12.8 Å². The Bertz CT molecular complexity index is 1770. The van der Waals surface area contributed by atoms with Crippen LogP contribution in [-0.2, 0) is 59.9 Å². The molecule has 26 heteroatoms. The van der Waals surface area contributed by atoms with Crippen LogP contribution in [0, 0.1) is 0 Å². The van der Waals surface area contributed by atoms with E-state index in [-0.39, 0.29) is 12.8 Å². The lowest BCUT2D eigenvalue weighted by Gasteiger charge is -2.45. The van der Waals surface area contributed by atoms with Gasteiger partial charge < -0.3 is 53.9 Å². The Kier molecular flexibility index (Phi) is 37.6. The molecule has 22 nitrogen and oxygen atoms in total. The molecule has 0 aromatic carbocycles. The molecule has 1 fully saturated rings. The molecule has 0 radical (unpaired) electrons. The maximum absolute atomic E-state index is 13.3. The summed E-state index contributed by atoms with van der Waals surface area (Å²) in [6, 6.07) is 0. The van der Waals surface area contributed by atoms with Gasteiger partial charge in [0.15, 0.2) is 6.10 Å². The molecule has 0 aromatic heterocycles. The van der Waals surface area contributed by atoms with E-state index in [1.54, 1.807) is 0 Å². The number of aliphatic hydroxyl groups excluding tert-OH is 2. The van der Waals surface area contributed by atoms with Gasteiger partial charge in [-0.15, -0.1) is 0 Å². The highest BCUT2D eigenvalue weighted by atomic mass is 31.2. The molecule has 0 bridgehead atoms. The lowest BCUT2D eigenvalue weighted by Crippen LogP contribution is -2.65. The van der Waals surface area contributed by atoms with Gasteiger partial charge in [-0.2, -0.15) is 0 Å². The first-order valence-corrected chi connectivity index (χ1v) is 31.8. The second-order valence-electron chi connectivity index (χ2n) is 18.0. The number of hydrogen-bond donors (Lipinski definition) is 9. The van der Waals surface area contributed by atoms with Gasteiger partial charge >= 0.3 is 43.2 Å². The summed E-state index contributed by atoms with van der Waals surface area (Å²) in [4.78, 5) is 93.0. The summed E-state index contributed by atoms with van der Waals surface area (Å²) in [7, 11) is -23.0. The molecule has 3 unspecified atom stereocenters. The fourth-order valence-electron chi connectivity index (χ4n) is 7.66. The number of carbonyl (C=O) groups is 2. The number of aliphatic hydroxyl groups is 2. The molecular formula is C47H86O22P4. The van der Waals surface area contributed by atoms with Gasteiger partial charge in [0.1, 0.15) is 43.2 Å². The van der Waals surface area contributed by atoms with E-state index in [9.17, 15) is 72.3 Å². The predicted octanol–water partition coefficient (Wildman–Crippen LogP) is 9.52. The van der Waals surface area contributed by atoms with Crippen LogP contribution in [0.3, 0.4) is 0 Å². The van der Waals surface area contributed by atoms with Crippen LogP contribution >= 0.6 is 31.3 Å². The molecule has 0 aromatic rings. The Hall–Kier alpha value is -1.74. The van der Waals surface area contributed by atoms with Gasteiger partial charge in [0.25, 0.3) is 0 Å². The van der Waals surface area contributed by atoms with Crippen molar-refractivity contribution < 1.29 is 104 Å². The molecule has 0 aliphatic heterocycles. The van der Waals surface area contributed by atoms with Crippen molar-refractivity contribution in [1.82, 2.24) is 0 Å². The van der Waals surface area contributed by atoms with Crippen molar-refractivity contribution in [2.24, 2.45) is 0 Å². The summed E-state index contributed by atoms with van der Waals surface area (Å²) in [6.45, 7) is 2.70. The maximum Gasteiger partial charge on any atom is 0.472 e. The number of allylic oxidation sites excluding steroid dienone is 8. The molecule has 1 rings (SSSR count). The first-order chi connectivity index (χ1) is 34.5. The Labute approximate surface area is 431 Å². The molecule has 73 heavy (non-hydrogen) atoms. The molecule has 0 heterocycles. The van der Waals surface area contributed by atoms with E-state index in [1.165, 1.54) is 77.0 Å². The lowest BCUT2D eigenvalue weighted by molar-refractivity contribution is -0.209. The van der Waals surface area contributed by atoms with E-state index in [1.807, 2.05) is 24.3 Å². The fraction of sp³-hybridized carbons (Fsp3) is 0.787. The zero-order valence-electron chi connectivity index (χ0n) is 42.6. The largest absolute Gasteiger partial charge is 0.472 e. The van der Waals surface area contributed by atoms with Crippen molar-refractivity contribution in [3.8, 4) is 0 Å². The third kappa shape index (κ3) is 37.6. The van der Waals surface area contributed by atoms with Crippen molar-refractivity contribution in [2.45, 2.75) is 224 Å². The Balaban J connectivity index is 2.90. The highest BCUT2D eigenvalue weighted by Gasteiger charge is 2.59. The van der Waals surface area contributed by atoms with Crippen LogP contribution in [0.2, 0.25) is 0 Å². The second kappa shape index (κ2) is 39.6. The summed E-state index contributed by atoms with van der Waals surface area (Å²) in [5.74, 6) is -1.46. The summed E-state index contributed by atoms with van der Waals surface area (Å²) in [5, 5.41) is 21.9. The highest BCUT2D eigenvalue weighted by molar-refractivity contribution is 7.47. The monoisotopic (exact) mass is 1130 g/mol. The van der Waals surface area contributed by atoms with Gasteiger partial charge in [0.05, 0.1) is 6.61 Å². The topological polar surface area (TPSA) is 349 Å². The lowest BCUT2D eigenvalue weighted by atomic mass is 9.85. The van der Waals surface area contributed by atoms with Crippen LogP contribution in [-0.4, -0.2) is 112 Å². The standard InChI is InChI=1S/C47H86O22P4/c1-3-5-7-9-11-13-15-17-19-20-22-24-26-28-30-32-34-36-41(49)65-39(37-63-40(48)35-33-31-29-27-25-23-21-18-16-14-12-10-8-6-4-2)38-64-73(61,62)69-44-42(50)45(66-70(52,53)54)47(68-72(58,59)60)46(43(44)51)67-71(55,56)57/h11,13,17,19,22,24,28,30,39,42-47,50-51H,3-10,12,14-16,18,20-21,23,25-27,29,31-38H2,1-2H3,(H,61,62)(H2,52,53,54)(H2,55,56,57)(H2,58,59,60)/b13-11-,19-17-,24-22-,30-28-/t39-,42+,43+,44?,45-,46+,47?/m0/s1. The van der Waals surface area contributed by atoms with Crippen LogP contribution < -0.4 is 0 Å². The Morgan fingerprint density at radius 1 is 0.438 bits per heavy atom. The Morgan fingerprint density at radius 2 is 0.808 bits per heavy atom. The zero-order valence-corrected chi connectivity index (χ0v) is 46.2. The van der Waals surface area contributed by atoms with E-state index in [4.69, 9.17) is 18.5 Å². The van der Waals surface area contributed by atoms with Crippen LogP contribution in [0.1, 0.15) is 181 Å². The summed E-state index contributed by atoms with van der Waals surface area (Å²) in [6.07, 6.45) is 23.2. The summed E-state index contributed by atoms with van der Waals surface area (Å²) < 4.78 is 82.2. The smallest absolute Gasteiger partial charge is 0.462 e. The molecule has 1 saturated carbocycles. The zero-order chi connectivity index (χ0) is 54.6. The number of hydrogen-bond acceptors (Lipinski definition) is 15. The number of rotatable bonds is 44. The number of unbranched alkanes of at least 4 members (excludes halogenated alkanes) is 18.